The molecule has 26 heavy (non-hydrogen) atoms. The fourth-order valence-electron chi connectivity index (χ4n) is 2.96. The van der Waals surface area contributed by atoms with E-state index in [2.05, 4.69) is 37.4 Å². The highest BCUT2D eigenvalue weighted by Gasteiger charge is 2.16. The Kier molecular flexibility index (Phi) is 4.89. The zero-order valence-electron chi connectivity index (χ0n) is 15.0. The van der Waals surface area contributed by atoms with Crippen molar-refractivity contribution in [2.24, 2.45) is 0 Å². The molecule has 0 saturated carbocycles. The largest absolute Gasteiger partial charge is 0.494 e. The number of hydrogen-bond donors (Lipinski definition) is 1. The van der Waals surface area contributed by atoms with Crippen molar-refractivity contribution in [1.29, 1.82) is 0 Å². The second kappa shape index (κ2) is 7.46. The first-order valence-electron chi connectivity index (χ1n) is 8.86. The predicted octanol–water partition coefficient (Wildman–Crippen LogP) is 5.09. The van der Waals surface area contributed by atoms with Crippen LogP contribution in [0.15, 0.2) is 75.2 Å². The van der Waals surface area contributed by atoms with E-state index >= 15 is 0 Å². The van der Waals surface area contributed by atoms with Gasteiger partial charge in [-0.05, 0) is 55.7 Å². The Bertz CT molecular complexity index is 878. The zero-order chi connectivity index (χ0) is 17.9. The summed E-state index contributed by atoms with van der Waals surface area (Å²) in [6, 6.07) is 4.19. The smallest absolute Gasteiger partial charge is 0.131 e. The third-order valence-corrected chi connectivity index (χ3v) is 5.77. The van der Waals surface area contributed by atoms with Crippen molar-refractivity contribution in [2.45, 2.75) is 31.7 Å². The maximum Gasteiger partial charge on any atom is 0.131 e. The number of thioether (sulfide) groups is 1. The molecule has 2 bridgehead atoms. The molecule has 1 N–H and O–H groups in total. The standard InChI is InChI=1S/C21H22N2O2S/c1-3-14(2)19-8-4-15-5-9-20(23-21(15)26-19)22-16-6-7-17-13-18(12-16)25-11-10-24-17/h3,5-9,12H,4,10-11,13H2,1-2H3,(H,22,23)/b14-3+. The lowest BCUT2D eigenvalue weighted by Gasteiger charge is -2.17. The van der Waals surface area contributed by atoms with Gasteiger partial charge in [0.25, 0.3) is 0 Å². The molecule has 1 saturated heterocycles. The molecule has 1 aliphatic carbocycles. The highest BCUT2D eigenvalue weighted by atomic mass is 32.2. The summed E-state index contributed by atoms with van der Waals surface area (Å²) in [6.45, 7) is 5.40. The number of nitrogens with one attached hydrogen (secondary N) is 1. The molecule has 0 radical (unpaired) electrons. The van der Waals surface area contributed by atoms with Gasteiger partial charge in [0.15, 0.2) is 0 Å². The Morgan fingerprint density at radius 3 is 2.88 bits per heavy atom. The third-order valence-electron chi connectivity index (χ3n) is 4.52. The van der Waals surface area contributed by atoms with E-state index in [9.17, 15) is 0 Å². The molecule has 3 heterocycles. The van der Waals surface area contributed by atoms with E-state index in [1.54, 1.807) is 11.8 Å². The van der Waals surface area contributed by atoms with Gasteiger partial charge in [-0.2, -0.15) is 0 Å². The molecule has 134 valence electrons. The minimum Gasteiger partial charge on any atom is -0.494 e. The molecule has 5 heteroatoms. The van der Waals surface area contributed by atoms with Gasteiger partial charge in [0.2, 0.25) is 0 Å². The van der Waals surface area contributed by atoms with Gasteiger partial charge in [-0.3, -0.25) is 0 Å². The van der Waals surface area contributed by atoms with Crippen LogP contribution in [-0.2, 0) is 15.9 Å². The fourth-order valence-corrected chi connectivity index (χ4v) is 4.04. The number of allylic oxidation sites excluding steroid dienone is 6. The van der Waals surface area contributed by atoms with Crippen molar-refractivity contribution < 1.29 is 9.47 Å². The summed E-state index contributed by atoms with van der Waals surface area (Å²) in [5.74, 6) is 2.70. The highest BCUT2D eigenvalue weighted by Crippen LogP contribution is 2.37. The lowest BCUT2D eigenvalue weighted by Crippen LogP contribution is -2.04. The average molecular weight is 366 g/mol. The zero-order valence-corrected chi connectivity index (χ0v) is 15.9. The van der Waals surface area contributed by atoms with Gasteiger partial charge in [0, 0.05) is 10.6 Å². The minimum atomic E-state index is 0.587. The minimum absolute atomic E-state index is 0.587. The number of nitrogens with zero attached hydrogens (tertiary/aromatic N) is 1. The molecule has 1 aromatic heterocycles. The van der Waals surface area contributed by atoms with Crippen LogP contribution in [0.1, 0.15) is 25.8 Å². The lowest BCUT2D eigenvalue weighted by atomic mass is 10.1. The molecule has 1 fully saturated rings. The second-order valence-electron chi connectivity index (χ2n) is 6.37. The second-order valence-corrected chi connectivity index (χ2v) is 7.40. The number of ether oxygens (including phenoxy) is 2. The van der Waals surface area contributed by atoms with Crippen LogP contribution in [0.2, 0.25) is 0 Å². The van der Waals surface area contributed by atoms with Gasteiger partial charge in [0.05, 0.1) is 6.42 Å². The summed E-state index contributed by atoms with van der Waals surface area (Å²) < 4.78 is 11.4. The number of anilines is 1. The number of fused-ring (bicyclic) bond motifs is 3. The molecule has 0 unspecified atom stereocenters. The van der Waals surface area contributed by atoms with Crippen LogP contribution in [0.3, 0.4) is 0 Å². The Balaban J connectivity index is 1.55. The first-order valence-corrected chi connectivity index (χ1v) is 9.68. The number of aromatic nitrogens is 1. The van der Waals surface area contributed by atoms with Crippen LogP contribution in [0, 0.1) is 0 Å². The normalized spacial score (nSPS) is 19.4. The Morgan fingerprint density at radius 1 is 1.19 bits per heavy atom. The summed E-state index contributed by atoms with van der Waals surface area (Å²) in [5, 5.41) is 4.48. The molecule has 3 aliphatic rings. The predicted molar refractivity (Wildman–Crippen MR) is 106 cm³/mol. The molecule has 0 atom stereocenters. The van der Waals surface area contributed by atoms with E-state index in [0.717, 1.165) is 34.5 Å². The van der Waals surface area contributed by atoms with Crippen molar-refractivity contribution in [3.05, 3.63) is 75.8 Å². The van der Waals surface area contributed by atoms with E-state index < -0.39 is 0 Å². The molecule has 0 spiro atoms. The summed E-state index contributed by atoms with van der Waals surface area (Å²) in [7, 11) is 0. The van der Waals surface area contributed by atoms with E-state index in [4.69, 9.17) is 14.5 Å². The summed E-state index contributed by atoms with van der Waals surface area (Å²) >= 11 is 1.74. The van der Waals surface area contributed by atoms with Gasteiger partial charge in [0.1, 0.15) is 35.6 Å². The third kappa shape index (κ3) is 3.73. The highest BCUT2D eigenvalue weighted by molar-refractivity contribution is 8.03. The average Bonchev–Trinajstić information content (AvgIpc) is 3.01. The van der Waals surface area contributed by atoms with Crippen molar-refractivity contribution >= 4 is 17.6 Å². The van der Waals surface area contributed by atoms with Gasteiger partial charge in [-0.25, -0.2) is 4.98 Å². The van der Waals surface area contributed by atoms with Crippen LogP contribution in [-0.4, -0.2) is 18.2 Å². The van der Waals surface area contributed by atoms with Crippen LogP contribution < -0.4 is 5.32 Å². The van der Waals surface area contributed by atoms with E-state index in [-0.39, 0.29) is 0 Å². The van der Waals surface area contributed by atoms with Crippen molar-refractivity contribution in [3.63, 3.8) is 0 Å². The molecule has 4 rings (SSSR count). The first-order chi connectivity index (χ1) is 12.7. The van der Waals surface area contributed by atoms with Crippen molar-refractivity contribution in [2.75, 3.05) is 18.5 Å². The van der Waals surface area contributed by atoms with Crippen LogP contribution in [0.25, 0.3) is 0 Å². The van der Waals surface area contributed by atoms with Gasteiger partial charge in [-0.1, -0.05) is 30.0 Å². The number of hydrogen-bond acceptors (Lipinski definition) is 5. The Hall–Kier alpha value is -2.40. The van der Waals surface area contributed by atoms with Crippen molar-refractivity contribution in [3.8, 4) is 0 Å². The topological polar surface area (TPSA) is 43.4 Å². The number of pyridine rings is 1. The van der Waals surface area contributed by atoms with Gasteiger partial charge < -0.3 is 14.8 Å². The summed E-state index contributed by atoms with van der Waals surface area (Å²) in [4.78, 5) is 6.12. The SMILES string of the molecule is C/C=C(\C)C1=CCc2ccc(NC3=CC=C4CC(=C3)OCCO4)nc2S1. The Labute approximate surface area is 158 Å². The molecule has 4 nitrogen and oxygen atoms in total. The van der Waals surface area contributed by atoms with Crippen molar-refractivity contribution in [1.82, 2.24) is 4.98 Å². The van der Waals surface area contributed by atoms with Crippen LogP contribution in [0.5, 0.6) is 0 Å². The lowest BCUT2D eigenvalue weighted by molar-refractivity contribution is 0.149. The maximum atomic E-state index is 5.74. The van der Waals surface area contributed by atoms with Gasteiger partial charge >= 0.3 is 0 Å². The molecule has 1 aromatic rings. The Morgan fingerprint density at radius 2 is 2.04 bits per heavy atom. The molecule has 0 amide bonds. The molecule has 2 aliphatic heterocycles. The first kappa shape index (κ1) is 17.0. The fraction of sp³-hybridized carbons (Fsp3) is 0.286. The summed E-state index contributed by atoms with van der Waals surface area (Å²) in [6.07, 6.45) is 12.1. The van der Waals surface area contributed by atoms with E-state index in [1.165, 1.54) is 16.0 Å². The van der Waals surface area contributed by atoms with Crippen LogP contribution in [0.4, 0.5) is 5.82 Å². The van der Waals surface area contributed by atoms with E-state index in [0.29, 0.717) is 19.6 Å². The van der Waals surface area contributed by atoms with Crippen LogP contribution >= 0.6 is 11.8 Å². The molecular weight excluding hydrogens is 344 g/mol. The summed E-state index contributed by atoms with van der Waals surface area (Å²) in [5.41, 5.74) is 3.52. The maximum absolute atomic E-state index is 5.74. The quantitative estimate of drug-likeness (QED) is 0.807. The van der Waals surface area contributed by atoms with Gasteiger partial charge in [-0.15, -0.1) is 0 Å². The molecule has 0 aromatic carbocycles. The van der Waals surface area contributed by atoms with E-state index in [1.807, 2.05) is 24.3 Å². The number of rotatable bonds is 3. The molecular formula is C21H22N2O2S. The monoisotopic (exact) mass is 366 g/mol.